The summed E-state index contributed by atoms with van der Waals surface area (Å²) in [4.78, 5) is 26.6. The van der Waals surface area contributed by atoms with Crippen LogP contribution in [0.2, 0.25) is 0 Å². The zero-order valence-electron chi connectivity index (χ0n) is 21.9. The molecular formula is C32H30N2O4. The molecule has 0 fully saturated rings. The lowest BCUT2D eigenvalue weighted by Crippen LogP contribution is -2.34. The second kappa shape index (κ2) is 9.83. The molecule has 6 nitrogen and oxygen atoms in total. The number of carboxylic acids is 1. The summed E-state index contributed by atoms with van der Waals surface area (Å²) in [6, 6.07) is 16.2. The van der Waals surface area contributed by atoms with Crippen molar-refractivity contribution >= 4 is 34.4 Å². The quantitative estimate of drug-likeness (QED) is 0.234. The molecule has 2 heterocycles. The molecule has 0 amide bonds. The van der Waals surface area contributed by atoms with Crippen molar-refractivity contribution in [2.75, 3.05) is 11.4 Å². The molecule has 0 radical (unpaired) electrons. The normalized spacial score (nSPS) is 18.2. The van der Waals surface area contributed by atoms with Crippen molar-refractivity contribution in [3.05, 3.63) is 98.4 Å². The molecule has 0 unspecified atom stereocenters. The van der Waals surface area contributed by atoms with Crippen LogP contribution >= 0.6 is 0 Å². The van der Waals surface area contributed by atoms with Gasteiger partial charge in [-0.15, -0.1) is 0 Å². The molecule has 1 aliphatic heterocycles. The Labute approximate surface area is 221 Å². The van der Waals surface area contributed by atoms with Gasteiger partial charge in [-0.3, -0.25) is 0 Å². The molecule has 3 aromatic rings. The first kappa shape index (κ1) is 25.3. The Morgan fingerprint density at radius 1 is 1.13 bits per heavy atom. The number of nitriles is 1. The number of fused-ring (bicyclic) bond motifs is 2. The van der Waals surface area contributed by atoms with E-state index in [1.807, 2.05) is 18.2 Å². The molecule has 5 rings (SSSR count). The molecule has 1 aliphatic carbocycles. The standard InChI is InChI=1S/C32H30N2O4/c1-20-7-11-25(12-8-20)34-14-13-32(2,3)27-17-24-16-23(31(37)38-29(24)18-28(27)34)10-9-21-5-4-6-22(15-21)26(19-33)30(35)36/h7-12,15-18H,4-6,13-14H2,1-3H3,(H,35,36). The first-order chi connectivity index (χ1) is 18.2. The molecule has 0 saturated heterocycles. The number of rotatable bonds is 4. The highest BCUT2D eigenvalue weighted by molar-refractivity contribution is 5.92. The predicted molar refractivity (Wildman–Crippen MR) is 150 cm³/mol. The van der Waals surface area contributed by atoms with Crippen molar-refractivity contribution in [2.24, 2.45) is 0 Å². The van der Waals surface area contributed by atoms with E-state index in [2.05, 4.69) is 56.0 Å². The fraction of sp³-hybridized carbons (Fsp3) is 0.281. The molecule has 1 aromatic heterocycles. The maximum atomic E-state index is 12.9. The Bertz CT molecular complexity index is 1630. The number of allylic oxidation sites excluding steroid dienone is 4. The van der Waals surface area contributed by atoms with Crippen LogP contribution in [0.1, 0.15) is 56.2 Å². The summed E-state index contributed by atoms with van der Waals surface area (Å²) in [6.07, 6.45) is 8.31. The van der Waals surface area contributed by atoms with E-state index >= 15 is 0 Å². The minimum atomic E-state index is -1.22. The zero-order chi connectivity index (χ0) is 27.0. The summed E-state index contributed by atoms with van der Waals surface area (Å²) < 4.78 is 5.80. The maximum Gasteiger partial charge on any atom is 0.346 e. The van der Waals surface area contributed by atoms with Crippen LogP contribution in [0.4, 0.5) is 11.4 Å². The molecule has 192 valence electrons. The highest BCUT2D eigenvalue weighted by atomic mass is 16.4. The third-order valence-corrected chi connectivity index (χ3v) is 7.60. The molecule has 6 heteroatoms. The van der Waals surface area contributed by atoms with Gasteiger partial charge < -0.3 is 14.4 Å². The first-order valence-electron chi connectivity index (χ1n) is 12.9. The number of benzene rings is 2. The minimum Gasteiger partial charge on any atom is -0.477 e. The van der Waals surface area contributed by atoms with Crippen LogP contribution in [0.5, 0.6) is 0 Å². The largest absolute Gasteiger partial charge is 0.477 e. The van der Waals surface area contributed by atoms with Crippen LogP contribution in [0, 0.1) is 18.3 Å². The first-order valence-corrected chi connectivity index (χ1v) is 12.9. The van der Waals surface area contributed by atoms with Crippen molar-refractivity contribution in [3.8, 4) is 6.07 Å². The van der Waals surface area contributed by atoms with Crippen LogP contribution in [0.3, 0.4) is 0 Å². The summed E-state index contributed by atoms with van der Waals surface area (Å²) in [5.41, 5.74) is 6.27. The number of aliphatic carboxylic acids is 1. The van der Waals surface area contributed by atoms with Gasteiger partial charge in [-0.25, -0.2) is 9.59 Å². The lowest BCUT2D eigenvalue weighted by atomic mass is 9.77. The van der Waals surface area contributed by atoms with E-state index < -0.39 is 11.6 Å². The highest BCUT2D eigenvalue weighted by Crippen LogP contribution is 2.44. The lowest BCUT2D eigenvalue weighted by molar-refractivity contribution is -0.132. The number of hydrogen-bond acceptors (Lipinski definition) is 5. The van der Waals surface area contributed by atoms with Gasteiger partial charge in [0.25, 0.3) is 0 Å². The molecule has 0 atom stereocenters. The van der Waals surface area contributed by atoms with Crippen molar-refractivity contribution in [2.45, 2.75) is 51.9 Å². The van der Waals surface area contributed by atoms with E-state index in [-0.39, 0.29) is 11.0 Å². The average Bonchev–Trinajstić information content (AvgIpc) is 2.88. The Kier molecular flexibility index (Phi) is 6.54. The molecular weight excluding hydrogens is 476 g/mol. The van der Waals surface area contributed by atoms with Crippen LogP contribution in [0.25, 0.3) is 17.0 Å². The van der Waals surface area contributed by atoms with Crippen LogP contribution in [-0.4, -0.2) is 17.6 Å². The monoisotopic (exact) mass is 506 g/mol. The fourth-order valence-corrected chi connectivity index (χ4v) is 5.33. The molecule has 1 N–H and O–H groups in total. The Balaban J connectivity index is 1.54. The van der Waals surface area contributed by atoms with E-state index in [1.54, 1.807) is 18.2 Å². The van der Waals surface area contributed by atoms with Gasteiger partial charge in [-0.1, -0.05) is 43.7 Å². The van der Waals surface area contributed by atoms with E-state index in [9.17, 15) is 20.0 Å². The van der Waals surface area contributed by atoms with Gasteiger partial charge in [0, 0.05) is 29.4 Å². The van der Waals surface area contributed by atoms with Crippen molar-refractivity contribution in [3.63, 3.8) is 0 Å². The second-order valence-electron chi connectivity index (χ2n) is 10.7. The summed E-state index contributed by atoms with van der Waals surface area (Å²) in [7, 11) is 0. The van der Waals surface area contributed by atoms with Crippen molar-refractivity contribution in [1.29, 1.82) is 5.26 Å². The van der Waals surface area contributed by atoms with Gasteiger partial charge in [0.1, 0.15) is 17.2 Å². The highest BCUT2D eigenvalue weighted by Gasteiger charge is 2.32. The summed E-state index contributed by atoms with van der Waals surface area (Å²) in [5, 5.41) is 19.3. The van der Waals surface area contributed by atoms with Gasteiger partial charge >= 0.3 is 11.6 Å². The number of anilines is 2. The lowest BCUT2D eigenvalue weighted by Gasteiger charge is -2.40. The molecule has 2 aromatic carbocycles. The summed E-state index contributed by atoms with van der Waals surface area (Å²) >= 11 is 0. The summed E-state index contributed by atoms with van der Waals surface area (Å²) in [6.45, 7) is 7.44. The van der Waals surface area contributed by atoms with Gasteiger partial charge in [-0.2, -0.15) is 5.26 Å². The zero-order valence-corrected chi connectivity index (χ0v) is 21.9. The smallest absolute Gasteiger partial charge is 0.346 e. The van der Waals surface area contributed by atoms with Crippen molar-refractivity contribution < 1.29 is 14.3 Å². The third kappa shape index (κ3) is 4.80. The Morgan fingerprint density at radius 3 is 2.61 bits per heavy atom. The van der Waals surface area contributed by atoms with Gasteiger partial charge in [0.2, 0.25) is 0 Å². The van der Waals surface area contributed by atoms with Crippen LogP contribution in [-0.2, 0) is 10.2 Å². The van der Waals surface area contributed by atoms with E-state index in [0.29, 0.717) is 23.1 Å². The molecule has 38 heavy (non-hydrogen) atoms. The Morgan fingerprint density at radius 2 is 1.89 bits per heavy atom. The maximum absolute atomic E-state index is 12.9. The average molecular weight is 507 g/mol. The predicted octanol–water partition coefficient (Wildman–Crippen LogP) is 6.95. The number of hydrogen-bond donors (Lipinski definition) is 1. The van der Waals surface area contributed by atoms with Crippen molar-refractivity contribution in [1.82, 2.24) is 0 Å². The molecule has 0 spiro atoms. The SMILES string of the molecule is Cc1ccc(N2CCC(C)(C)c3cc4cc(C=CC5=CC(=C(C#N)C(=O)O)CCC5)c(=O)oc4cc32)cc1. The van der Waals surface area contributed by atoms with Gasteiger partial charge in [-0.05, 0) is 85.1 Å². The number of aryl methyl sites for hydroxylation is 1. The summed E-state index contributed by atoms with van der Waals surface area (Å²) in [5.74, 6) is -1.22. The molecule has 2 aliphatic rings. The number of nitrogens with zero attached hydrogens (tertiary/aromatic N) is 2. The van der Waals surface area contributed by atoms with E-state index in [4.69, 9.17) is 4.42 Å². The minimum absolute atomic E-state index is 0.0326. The molecule has 0 saturated carbocycles. The molecule has 0 bridgehead atoms. The number of carbonyl (C=O) groups is 1. The van der Waals surface area contributed by atoms with E-state index in [1.165, 1.54) is 11.1 Å². The van der Waals surface area contributed by atoms with Gasteiger partial charge in [0.15, 0.2) is 0 Å². The Hall–Kier alpha value is -4.37. The second-order valence-corrected chi connectivity index (χ2v) is 10.7. The van der Waals surface area contributed by atoms with Gasteiger partial charge in [0.05, 0.1) is 5.56 Å². The number of carboxylic acid groups (broad SMARTS) is 1. The van der Waals surface area contributed by atoms with Crippen LogP contribution in [0.15, 0.2) is 80.5 Å². The van der Waals surface area contributed by atoms with E-state index in [0.717, 1.165) is 48.1 Å². The fourth-order valence-electron chi connectivity index (χ4n) is 5.33. The third-order valence-electron chi connectivity index (χ3n) is 7.60. The topological polar surface area (TPSA) is 94.5 Å². The van der Waals surface area contributed by atoms with Crippen LogP contribution < -0.4 is 10.5 Å².